The van der Waals surface area contributed by atoms with E-state index >= 15 is 0 Å². The average Bonchev–Trinajstić information content (AvgIpc) is 3.43. The largest absolute Gasteiger partial charge is 0.385 e. The molecule has 0 aromatic carbocycles. The smallest absolute Gasteiger partial charge is 0.214 e. The summed E-state index contributed by atoms with van der Waals surface area (Å²) in [6, 6.07) is 1.99. The van der Waals surface area contributed by atoms with Crippen molar-refractivity contribution in [2.24, 2.45) is 5.92 Å². The third kappa shape index (κ3) is 3.99. The Morgan fingerprint density at radius 3 is 2.69 bits per heavy atom. The molecule has 4 heterocycles. The first-order chi connectivity index (χ1) is 15.4. The summed E-state index contributed by atoms with van der Waals surface area (Å²) in [4.78, 5) is 12.2. The molecule has 1 aliphatic heterocycles. The van der Waals surface area contributed by atoms with Crippen molar-refractivity contribution >= 4 is 32.1 Å². The molecule has 32 heavy (non-hydrogen) atoms. The number of nitrogens with one attached hydrogen (secondary N) is 2. The van der Waals surface area contributed by atoms with Crippen LogP contribution < -0.4 is 9.73 Å². The van der Waals surface area contributed by atoms with Crippen LogP contribution in [0.1, 0.15) is 63.8 Å². The standard InChI is InChI=1S/C22H32N6O3S/c1-15(29)22-26-19-14-24-21-18(7-10-23-21)20(19)28(22)27-11-8-16(9-12-27)13-25-32(30,31)17-5-3-2-4-6-17/h7,10,14-17,25,29H,2-6,8-9,11-13H2,1H3,(H,23,24)/t15-/m1/s1. The number of aromatic nitrogens is 4. The van der Waals surface area contributed by atoms with Crippen LogP contribution in [-0.2, 0) is 10.0 Å². The van der Waals surface area contributed by atoms with Crippen LogP contribution in [0.4, 0.5) is 0 Å². The average molecular weight is 461 g/mol. The fourth-order valence-electron chi connectivity index (χ4n) is 5.18. The molecule has 2 fully saturated rings. The first-order valence-electron chi connectivity index (χ1n) is 11.7. The molecular formula is C22H32N6O3S. The minimum absolute atomic E-state index is 0.223. The summed E-state index contributed by atoms with van der Waals surface area (Å²) in [6.45, 7) is 3.78. The molecule has 174 valence electrons. The van der Waals surface area contributed by atoms with Crippen LogP contribution in [-0.4, -0.2) is 58.0 Å². The zero-order valence-electron chi connectivity index (χ0n) is 18.5. The van der Waals surface area contributed by atoms with Crippen molar-refractivity contribution in [2.45, 2.75) is 63.2 Å². The van der Waals surface area contributed by atoms with Gasteiger partial charge < -0.3 is 15.1 Å². The second kappa shape index (κ2) is 8.64. The molecule has 2 aliphatic rings. The Morgan fingerprint density at radius 1 is 1.22 bits per heavy atom. The number of fused-ring (bicyclic) bond motifs is 3. The van der Waals surface area contributed by atoms with Crippen molar-refractivity contribution in [2.75, 3.05) is 24.6 Å². The predicted molar refractivity (Wildman–Crippen MR) is 124 cm³/mol. The SMILES string of the molecule is C[C@@H](O)c1nc2cnc3[nH]ccc3c2n1N1CCC(CNS(=O)(=O)C2CCCCC2)CC1. The van der Waals surface area contributed by atoms with Gasteiger partial charge in [-0.3, -0.25) is 0 Å². The van der Waals surface area contributed by atoms with Crippen LogP contribution in [0.3, 0.4) is 0 Å². The number of piperidine rings is 1. The normalized spacial score (nSPS) is 20.4. The highest BCUT2D eigenvalue weighted by atomic mass is 32.2. The number of H-pyrrole nitrogens is 1. The monoisotopic (exact) mass is 460 g/mol. The topological polar surface area (TPSA) is 116 Å². The number of hydrogen-bond donors (Lipinski definition) is 3. The second-order valence-electron chi connectivity index (χ2n) is 9.24. The number of aliphatic hydroxyl groups excluding tert-OH is 1. The van der Waals surface area contributed by atoms with Crippen molar-refractivity contribution < 1.29 is 13.5 Å². The Bertz CT molecular complexity index is 1190. The van der Waals surface area contributed by atoms with E-state index in [0.717, 1.165) is 80.1 Å². The van der Waals surface area contributed by atoms with Gasteiger partial charge in [0.2, 0.25) is 10.0 Å². The molecule has 0 amide bonds. The van der Waals surface area contributed by atoms with E-state index in [2.05, 4.69) is 24.7 Å². The predicted octanol–water partition coefficient (Wildman–Crippen LogP) is 2.57. The summed E-state index contributed by atoms with van der Waals surface area (Å²) < 4.78 is 30.3. The quantitative estimate of drug-likeness (QED) is 0.521. The van der Waals surface area contributed by atoms with Gasteiger partial charge in [-0.2, -0.15) is 0 Å². The van der Waals surface area contributed by atoms with Gasteiger partial charge in [-0.25, -0.2) is 27.8 Å². The van der Waals surface area contributed by atoms with Gasteiger partial charge in [0.1, 0.15) is 22.8 Å². The molecule has 3 aromatic heterocycles. The van der Waals surface area contributed by atoms with Crippen molar-refractivity contribution in [3.63, 3.8) is 0 Å². The number of imidazole rings is 1. The summed E-state index contributed by atoms with van der Waals surface area (Å²) in [5, 5.41) is 13.4. The van der Waals surface area contributed by atoms with Gasteiger partial charge in [0.15, 0.2) is 5.82 Å². The maximum atomic E-state index is 12.7. The molecule has 1 atom stereocenters. The van der Waals surface area contributed by atoms with Gasteiger partial charge in [0.05, 0.1) is 11.4 Å². The van der Waals surface area contributed by atoms with Gasteiger partial charge in [-0.1, -0.05) is 19.3 Å². The van der Waals surface area contributed by atoms with Crippen LogP contribution in [0, 0.1) is 5.92 Å². The van der Waals surface area contributed by atoms with E-state index in [1.165, 1.54) is 0 Å². The summed E-state index contributed by atoms with van der Waals surface area (Å²) in [6.07, 6.45) is 9.39. The fraction of sp³-hybridized carbons (Fsp3) is 0.636. The Balaban J connectivity index is 1.31. The molecule has 9 nitrogen and oxygen atoms in total. The number of sulfonamides is 1. The molecule has 3 aromatic rings. The van der Waals surface area contributed by atoms with Crippen molar-refractivity contribution in [1.82, 2.24) is 24.4 Å². The summed E-state index contributed by atoms with van der Waals surface area (Å²) in [5.41, 5.74) is 2.50. The van der Waals surface area contributed by atoms with E-state index in [9.17, 15) is 13.5 Å². The molecule has 0 radical (unpaired) electrons. The lowest BCUT2D eigenvalue weighted by Crippen LogP contribution is -2.46. The van der Waals surface area contributed by atoms with Crippen LogP contribution in [0.15, 0.2) is 18.5 Å². The molecule has 10 heteroatoms. The van der Waals surface area contributed by atoms with E-state index in [4.69, 9.17) is 0 Å². The number of aliphatic hydroxyl groups is 1. The van der Waals surface area contributed by atoms with Crippen LogP contribution in [0.2, 0.25) is 0 Å². The minimum atomic E-state index is -3.23. The highest BCUT2D eigenvalue weighted by molar-refractivity contribution is 7.90. The highest BCUT2D eigenvalue weighted by Crippen LogP contribution is 2.29. The highest BCUT2D eigenvalue weighted by Gasteiger charge is 2.30. The summed E-state index contributed by atoms with van der Waals surface area (Å²) in [7, 11) is -3.23. The van der Waals surface area contributed by atoms with Gasteiger partial charge in [0.25, 0.3) is 0 Å². The minimum Gasteiger partial charge on any atom is -0.385 e. The van der Waals surface area contributed by atoms with Crippen LogP contribution in [0.25, 0.3) is 22.1 Å². The van der Waals surface area contributed by atoms with Crippen molar-refractivity contribution in [1.29, 1.82) is 0 Å². The van der Waals surface area contributed by atoms with Crippen molar-refractivity contribution in [3.05, 3.63) is 24.3 Å². The molecule has 0 spiro atoms. The second-order valence-corrected chi connectivity index (χ2v) is 11.3. The van der Waals surface area contributed by atoms with Gasteiger partial charge >= 0.3 is 0 Å². The Kier molecular flexibility index (Phi) is 5.85. The molecule has 0 unspecified atom stereocenters. The summed E-state index contributed by atoms with van der Waals surface area (Å²) in [5.74, 6) is 0.912. The zero-order valence-corrected chi connectivity index (χ0v) is 19.3. The Labute approximate surface area is 188 Å². The lowest BCUT2D eigenvalue weighted by atomic mass is 9.98. The van der Waals surface area contributed by atoms with E-state index in [0.29, 0.717) is 18.3 Å². The molecule has 1 aliphatic carbocycles. The van der Waals surface area contributed by atoms with E-state index in [1.54, 1.807) is 13.1 Å². The molecule has 5 rings (SSSR count). The Hall–Kier alpha value is -2.17. The number of pyridine rings is 1. The van der Waals surface area contributed by atoms with Gasteiger partial charge in [-0.05, 0) is 44.6 Å². The number of nitrogens with zero attached hydrogens (tertiary/aromatic N) is 4. The number of rotatable bonds is 6. The van der Waals surface area contributed by atoms with E-state index in [1.807, 2.05) is 16.9 Å². The Morgan fingerprint density at radius 2 is 1.97 bits per heavy atom. The molecule has 1 saturated heterocycles. The molecule has 1 saturated carbocycles. The van der Waals surface area contributed by atoms with E-state index in [-0.39, 0.29) is 5.25 Å². The lowest BCUT2D eigenvalue weighted by Gasteiger charge is -2.36. The lowest BCUT2D eigenvalue weighted by molar-refractivity contribution is 0.182. The maximum Gasteiger partial charge on any atom is 0.214 e. The number of aromatic amines is 1. The van der Waals surface area contributed by atoms with Gasteiger partial charge in [-0.15, -0.1) is 0 Å². The molecule has 3 N–H and O–H groups in total. The van der Waals surface area contributed by atoms with Crippen molar-refractivity contribution in [3.8, 4) is 0 Å². The third-order valence-electron chi connectivity index (χ3n) is 7.01. The van der Waals surface area contributed by atoms with E-state index < -0.39 is 16.1 Å². The first kappa shape index (κ1) is 21.7. The maximum absolute atomic E-state index is 12.7. The third-order valence-corrected chi connectivity index (χ3v) is 8.93. The fourth-order valence-corrected chi connectivity index (χ4v) is 6.84. The van der Waals surface area contributed by atoms with Crippen LogP contribution >= 0.6 is 0 Å². The summed E-state index contributed by atoms with van der Waals surface area (Å²) >= 11 is 0. The van der Waals surface area contributed by atoms with Gasteiger partial charge in [0, 0.05) is 31.2 Å². The molecule has 0 bridgehead atoms. The molecular weight excluding hydrogens is 428 g/mol. The first-order valence-corrected chi connectivity index (χ1v) is 13.2. The number of hydrogen-bond acceptors (Lipinski definition) is 6. The van der Waals surface area contributed by atoms with Crippen LogP contribution in [0.5, 0.6) is 0 Å². The zero-order chi connectivity index (χ0) is 22.3.